The summed E-state index contributed by atoms with van der Waals surface area (Å²) in [6.45, 7) is 2.23. The molecule has 0 unspecified atom stereocenters. The van der Waals surface area contributed by atoms with E-state index in [9.17, 15) is 4.79 Å². The molecule has 3 aliphatic heterocycles. The third kappa shape index (κ3) is 2.61. The molecule has 5 rings (SSSR count). The lowest BCUT2D eigenvalue weighted by Gasteiger charge is -2.32. The largest absolute Gasteiger partial charge is 0.467 e. The first-order valence-electron chi connectivity index (χ1n) is 9.32. The molecule has 3 fully saturated rings. The van der Waals surface area contributed by atoms with Crippen molar-refractivity contribution < 1.29 is 14.3 Å². The van der Waals surface area contributed by atoms with Gasteiger partial charge in [0.05, 0.1) is 19.7 Å². The van der Waals surface area contributed by atoms with E-state index in [4.69, 9.17) is 9.47 Å². The molecule has 7 nitrogen and oxygen atoms in total. The average molecular weight is 366 g/mol. The van der Waals surface area contributed by atoms with Crippen molar-refractivity contribution in [1.82, 2.24) is 19.8 Å². The molecular weight excluding hydrogens is 344 g/mol. The van der Waals surface area contributed by atoms with Gasteiger partial charge in [-0.3, -0.25) is 9.69 Å². The Labute approximate surface area is 157 Å². The van der Waals surface area contributed by atoms with Crippen molar-refractivity contribution in [3.8, 4) is 6.01 Å². The van der Waals surface area contributed by atoms with Crippen LogP contribution in [0.5, 0.6) is 6.01 Å². The summed E-state index contributed by atoms with van der Waals surface area (Å²) in [6, 6.07) is 10.6. The van der Waals surface area contributed by atoms with Crippen LogP contribution in [0, 0.1) is 0 Å². The highest BCUT2D eigenvalue weighted by Crippen LogP contribution is 2.50. The molecule has 1 aromatic carbocycles. The number of hydrogen-bond acceptors (Lipinski definition) is 6. The second kappa shape index (κ2) is 6.28. The summed E-state index contributed by atoms with van der Waals surface area (Å²) < 4.78 is 11.6. The van der Waals surface area contributed by atoms with Crippen molar-refractivity contribution in [1.29, 1.82) is 0 Å². The van der Waals surface area contributed by atoms with Crippen LogP contribution >= 0.6 is 0 Å². The maximum atomic E-state index is 12.7. The molecule has 1 amide bonds. The molecule has 0 aliphatic carbocycles. The standard InChI is InChI=1S/C20H22N4O3/c1-26-19-21-10-14(11-22-19)12-23-8-7-20-17(23)9-18(25)24(20)13-16(27-20)15-5-3-2-4-6-15/h2-6,10-11,16-17H,7-9,12-13H2,1H3/t16-,17-,20+/m1/s1. The number of benzene rings is 1. The van der Waals surface area contributed by atoms with E-state index in [2.05, 4.69) is 27.0 Å². The summed E-state index contributed by atoms with van der Waals surface area (Å²) in [4.78, 5) is 25.4. The lowest BCUT2D eigenvalue weighted by Crippen LogP contribution is -2.47. The Morgan fingerprint density at radius 3 is 2.78 bits per heavy atom. The zero-order chi connectivity index (χ0) is 18.4. The lowest BCUT2D eigenvalue weighted by atomic mass is 10.1. The molecule has 0 saturated carbocycles. The molecule has 3 saturated heterocycles. The molecule has 0 bridgehead atoms. The predicted octanol–water partition coefficient (Wildman–Crippen LogP) is 1.76. The van der Waals surface area contributed by atoms with Gasteiger partial charge in [-0.1, -0.05) is 30.3 Å². The van der Waals surface area contributed by atoms with Crippen molar-refractivity contribution in [2.45, 2.75) is 37.3 Å². The number of likely N-dealkylation sites (tertiary alicyclic amines) is 1. The minimum Gasteiger partial charge on any atom is -0.467 e. The number of carbonyl (C=O) groups excluding carboxylic acids is 1. The van der Waals surface area contributed by atoms with Gasteiger partial charge in [0.25, 0.3) is 0 Å². The van der Waals surface area contributed by atoms with Gasteiger partial charge in [0.1, 0.15) is 6.10 Å². The van der Waals surface area contributed by atoms with Crippen molar-refractivity contribution in [3.63, 3.8) is 0 Å². The minimum absolute atomic E-state index is 0.0535. The van der Waals surface area contributed by atoms with Crippen LogP contribution in [0.15, 0.2) is 42.7 Å². The number of amides is 1. The van der Waals surface area contributed by atoms with Crippen LogP contribution in [0.3, 0.4) is 0 Å². The van der Waals surface area contributed by atoms with Crippen molar-refractivity contribution >= 4 is 5.91 Å². The van der Waals surface area contributed by atoms with E-state index >= 15 is 0 Å². The van der Waals surface area contributed by atoms with Crippen LogP contribution < -0.4 is 4.74 Å². The highest BCUT2D eigenvalue weighted by atomic mass is 16.5. The van der Waals surface area contributed by atoms with Gasteiger partial charge in [0, 0.05) is 43.9 Å². The topological polar surface area (TPSA) is 67.8 Å². The van der Waals surface area contributed by atoms with Crippen LogP contribution in [-0.4, -0.2) is 57.6 Å². The molecule has 1 spiro atoms. The van der Waals surface area contributed by atoms with Gasteiger partial charge in [0.2, 0.25) is 5.91 Å². The third-order valence-corrected chi connectivity index (χ3v) is 5.96. The summed E-state index contributed by atoms with van der Waals surface area (Å²) in [5.41, 5.74) is 1.65. The second-order valence-corrected chi connectivity index (χ2v) is 7.38. The quantitative estimate of drug-likeness (QED) is 0.821. The molecule has 3 aliphatic rings. The fourth-order valence-electron chi connectivity index (χ4n) is 4.70. The van der Waals surface area contributed by atoms with E-state index < -0.39 is 5.72 Å². The first kappa shape index (κ1) is 16.6. The van der Waals surface area contributed by atoms with Gasteiger partial charge in [-0.15, -0.1) is 0 Å². The smallest absolute Gasteiger partial charge is 0.316 e. The van der Waals surface area contributed by atoms with Gasteiger partial charge in [0.15, 0.2) is 5.72 Å². The van der Waals surface area contributed by atoms with E-state index in [1.807, 2.05) is 23.1 Å². The Morgan fingerprint density at radius 2 is 2.04 bits per heavy atom. The lowest BCUT2D eigenvalue weighted by molar-refractivity contribution is -0.138. The van der Waals surface area contributed by atoms with Crippen LogP contribution in [0.2, 0.25) is 0 Å². The number of methoxy groups -OCH3 is 1. The zero-order valence-electron chi connectivity index (χ0n) is 15.2. The molecule has 140 valence electrons. The van der Waals surface area contributed by atoms with E-state index in [-0.39, 0.29) is 18.1 Å². The average Bonchev–Trinajstić information content (AvgIpc) is 3.33. The molecule has 3 atom stereocenters. The SMILES string of the molecule is COc1ncc(CN2CC[C@@]34O[C@@H](c5ccccc5)CN3C(=O)C[C@@H]24)cn1. The number of nitrogens with zero attached hydrogens (tertiary/aromatic N) is 4. The maximum Gasteiger partial charge on any atom is 0.316 e. The Balaban J connectivity index is 1.37. The molecular formula is C20H22N4O3. The highest BCUT2D eigenvalue weighted by Gasteiger charge is 2.63. The Bertz CT molecular complexity index is 844. The molecule has 1 aromatic heterocycles. The number of carbonyl (C=O) groups is 1. The summed E-state index contributed by atoms with van der Waals surface area (Å²) >= 11 is 0. The van der Waals surface area contributed by atoms with E-state index in [0.29, 0.717) is 25.5 Å². The maximum absolute atomic E-state index is 12.7. The summed E-state index contributed by atoms with van der Waals surface area (Å²) in [6.07, 6.45) is 4.87. The second-order valence-electron chi connectivity index (χ2n) is 7.38. The monoisotopic (exact) mass is 366 g/mol. The van der Waals surface area contributed by atoms with Gasteiger partial charge < -0.3 is 14.4 Å². The van der Waals surface area contributed by atoms with Crippen molar-refractivity contribution in [3.05, 3.63) is 53.9 Å². The van der Waals surface area contributed by atoms with Crippen LogP contribution in [0.25, 0.3) is 0 Å². The Hall–Kier alpha value is -2.51. The zero-order valence-corrected chi connectivity index (χ0v) is 15.2. The fourth-order valence-corrected chi connectivity index (χ4v) is 4.70. The Kier molecular flexibility index (Phi) is 3.87. The molecule has 2 aromatic rings. The number of aromatic nitrogens is 2. The van der Waals surface area contributed by atoms with Crippen LogP contribution in [0.4, 0.5) is 0 Å². The molecule has 27 heavy (non-hydrogen) atoms. The van der Waals surface area contributed by atoms with Gasteiger partial charge in [-0.2, -0.15) is 0 Å². The molecule has 7 heteroatoms. The van der Waals surface area contributed by atoms with Gasteiger partial charge >= 0.3 is 6.01 Å². The third-order valence-electron chi connectivity index (χ3n) is 5.96. The van der Waals surface area contributed by atoms with E-state index in [0.717, 1.165) is 24.1 Å². The van der Waals surface area contributed by atoms with Crippen molar-refractivity contribution in [2.24, 2.45) is 0 Å². The first-order valence-corrected chi connectivity index (χ1v) is 9.32. The summed E-state index contributed by atoms with van der Waals surface area (Å²) in [5, 5.41) is 0. The number of rotatable bonds is 4. The van der Waals surface area contributed by atoms with Crippen LogP contribution in [0.1, 0.15) is 30.1 Å². The summed E-state index contributed by atoms with van der Waals surface area (Å²) in [7, 11) is 1.55. The normalized spacial score (nSPS) is 29.8. The first-order chi connectivity index (χ1) is 13.2. The number of hydrogen-bond donors (Lipinski definition) is 0. The number of ether oxygens (including phenoxy) is 2. The van der Waals surface area contributed by atoms with E-state index in [1.165, 1.54) is 0 Å². The Morgan fingerprint density at radius 1 is 1.26 bits per heavy atom. The van der Waals surface area contributed by atoms with Crippen LogP contribution in [-0.2, 0) is 16.1 Å². The van der Waals surface area contributed by atoms with Gasteiger partial charge in [-0.25, -0.2) is 9.97 Å². The van der Waals surface area contributed by atoms with Crippen molar-refractivity contribution in [2.75, 3.05) is 20.2 Å². The fraction of sp³-hybridized carbons (Fsp3) is 0.450. The van der Waals surface area contributed by atoms with Gasteiger partial charge in [-0.05, 0) is 5.56 Å². The predicted molar refractivity (Wildman–Crippen MR) is 96.7 cm³/mol. The van der Waals surface area contributed by atoms with E-state index in [1.54, 1.807) is 19.5 Å². The highest BCUT2D eigenvalue weighted by molar-refractivity contribution is 5.81. The molecule has 0 radical (unpaired) electrons. The summed E-state index contributed by atoms with van der Waals surface area (Å²) in [5.74, 6) is 0.189. The molecule has 0 N–H and O–H groups in total. The molecule has 4 heterocycles. The minimum atomic E-state index is -0.495.